The van der Waals surface area contributed by atoms with Crippen LogP contribution >= 0.6 is 0 Å². The number of aromatic nitrogens is 3. The van der Waals surface area contributed by atoms with Crippen LogP contribution in [-0.2, 0) is 11.2 Å². The highest BCUT2D eigenvalue weighted by atomic mass is 19.1. The number of rotatable bonds is 4. The molecule has 1 saturated heterocycles. The molecule has 4 heterocycles. The van der Waals surface area contributed by atoms with Gasteiger partial charge in [0.2, 0.25) is 5.91 Å². The lowest BCUT2D eigenvalue weighted by molar-refractivity contribution is -0.133. The van der Waals surface area contributed by atoms with Gasteiger partial charge in [-0.1, -0.05) is 0 Å². The monoisotopic (exact) mass is 383 g/mol. The van der Waals surface area contributed by atoms with Crippen LogP contribution in [0.3, 0.4) is 0 Å². The van der Waals surface area contributed by atoms with Gasteiger partial charge in [0, 0.05) is 36.7 Å². The number of halogens is 1. The number of oxazole rings is 1. The molecule has 0 bridgehead atoms. The maximum absolute atomic E-state index is 14.1. The number of likely N-dealkylation sites (tertiary alicyclic amines) is 1. The van der Waals surface area contributed by atoms with Gasteiger partial charge in [0.25, 0.3) is 0 Å². The van der Waals surface area contributed by atoms with E-state index in [2.05, 4.69) is 20.3 Å². The Balaban J connectivity index is 1.51. The molecule has 3 aromatic heterocycles. The second-order valence-electron chi connectivity index (χ2n) is 7.05. The molecule has 0 radical (unpaired) electrons. The highest BCUT2D eigenvalue weighted by Gasteiger charge is 2.30. The molecule has 3 aromatic rings. The van der Waals surface area contributed by atoms with Crippen molar-refractivity contribution in [3.8, 4) is 11.3 Å². The van der Waals surface area contributed by atoms with Gasteiger partial charge in [-0.15, -0.1) is 0 Å². The van der Waals surface area contributed by atoms with Crippen molar-refractivity contribution < 1.29 is 13.6 Å². The van der Waals surface area contributed by atoms with Gasteiger partial charge in [-0.05, 0) is 25.6 Å². The third-order valence-corrected chi connectivity index (χ3v) is 5.13. The summed E-state index contributed by atoms with van der Waals surface area (Å²) in [7, 11) is 1.75. The summed E-state index contributed by atoms with van der Waals surface area (Å²) in [6.07, 6.45) is 4.72. The van der Waals surface area contributed by atoms with Crippen molar-refractivity contribution in [1.29, 1.82) is 0 Å². The van der Waals surface area contributed by atoms with Crippen molar-refractivity contribution >= 4 is 16.8 Å². The number of piperidine rings is 1. The number of alkyl halides is 1. The van der Waals surface area contributed by atoms with Crippen LogP contribution in [0.15, 0.2) is 35.1 Å². The first-order valence-electron chi connectivity index (χ1n) is 9.30. The minimum Gasteiger partial charge on any atom is -0.441 e. The number of nitrogens with zero attached hydrogens (tertiary/aromatic N) is 4. The van der Waals surface area contributed by atoms with Crippen LogP contribution in [0.5, 0.6) is 0 Å². The smallest absolute Gasteiger partial charge is 0.228 e. The first kappa shape index (κ1) is 18.5. The largest absolute Gasteiger partial charge is 0.441 e. The molecule has 1 aliphatic rings. The summed E-state index contributed by atoms with van der Waals surface area (Å²) in [5, 5.41) is 3.82. The minimum atomic E-state index is -1.05. The van der Waals surface area contributed by atoms with E-state index in [0.29, 0.717) is 30.3 Å². The molecular formula is C20H22FN5O2. The average molecular weight is 383 g/mol. The summed E-state index contributed by atoms with van der Waals surface area (Å²) in [5.41, 5.74) is 2.18. The Morgan fingerprint density at radius 2 is 2.14 bits per heavy atom. The molecule has 1 N–H and O–H groups in total. The van der Waals surface area contributed by atoms with Crippen molar-refractivity contribution in [1.82, 2.24) is 25.2 Å². The van der Waals surface area contributed by atoms with Crippen molar-refractivity contribution in [2.45, 2.75) is 32.0 Å². The third-order valence-electron chi connectivity index (χ3n) is 5.13. The molecule has 8 heteroatoms. The summed E-state index contributed by atoms with van der Waals surface area (Å²) in [6.45, 7) is 2.45. The Kier molecular flexibility index (Phi) is 5.04. The number of nitrogens with one attached hydrogen (secondary N) is 1. The first-order valence-corrected chi connectivity index (χ1v) is 9.30. The second-order valence-corrected chi connectivity index (χ2v) is 7.05. The van der Waals surface area contributed by atoms with E-state index in [4.69, 9.17) is 4.42 Å². The van der Waals surface area contributed by atoms with Crippen LogP contribution in [0.1, 0.15) is 18.0 Å². The molecule has 0 saturated carbocycles. The molecule has 0 aliphatic carbocycles. The van der Waals surface area contributed by atoms with E-state index < -0.39 is 6.17 Å². The normalized spacial score (nSPS) is 19.9. The van der Waals surface area contributed by atoms with Gasteiger partial charge in [0.1, 0.15) is 6.17 Å². The van der Waals surface area contributed by atoms with E-state index in [1.54, 1.807) is 37.5 Å². The predicted molar refractivity (Wildman–Crippen MR) is 102 cm³/mol. The van der Waals surface area contributed by atoms with E-state index >= 15 is 0 Å². The van der Waals surface area contributed by atoms with Crippen LogP contribution in [0.2, 0.25) is 0 Å². The standard InChI is InChI=1S/C20H22FN5O2/c1-12-23-10-19(28-12)14-5-13-6-15(24-9-18(13)25-8-14)7-20(27)26-4-3-17(22-2)16(21)11-26/h5-6,8-10,16-17,22H,3-4,7,11H2,1-2H3/t16-,17-/m0/s1. The lowest BCUT2D eigenvalue weighted by atomic mass is 10.0. The summed E-state index contributed by atoms with van der Waals surface area (Å²) in [6, 6.07) is 3.60. The van der Waals surface area contributed by atoms with Gasteiger partial charge in [-0.2, -0.15) is 0 Å². The van der Waals surface area contributed by atoms with Crippen LogP contribution in [0.4, 0.5) is 4.39 Å². The number of pyridine rings is 2. The number of hydrogen-bond acceptors (Lipinski definition) is 6. The van der Waals surface area contributed by atoms with Gasteiger partial charge in [-0.3, -0.25) is 14.8 Å². The molecule has 1 aliphatic heterocycles. The van der Waals surface area contributed by atoms with Crippen LogP contribution in [0.25, 0.3) is 22.2 Å². The summed E-state index contributed by atoms with van der Waals surface area (Å²) >= 11 is 0. The minimum absolute atomic E-state index is 0.112. The molecule has 1 amide bonds. The van der Waals surface area contributed by atoms with Crippen molar-refractivity contribution in [2.24, 2.45) is 0 Å². The summed E-state index contributed by atoms with van der Waals surface area (Å²) in [5.74, 6) is 1.12. The second kappa shape index (κ2) is 7.63. The lowest BCUT2D eigenvalue weighted by Crippen LogP contribution is -2.51. The summed E-state index contributed by atoms with van der Waals surface area (Å²) in [4.78, 5) is 27.0. The zero-order valence-electron chi connectivity index (χ0n) is 15.9. The van der Waals surface area contributed by atoms with E-state index in [1.807, 2.05) is 12.1 Å². The van der Waals surface area contributed by atoms with E-state index in [1.165, 1.54) is 0 Å². The number of carbonyl (C=O) groups excluding carboxylic acids is 1. The molecule has 1 fully saturated rings. The lowest BCUT2D eigenvalue weighted by Gasteiger charge is -2.34. The zero-order valence-corrected chi connectivity index (χ0v) is 15.9. The maximum Gasteiger partial charge on any atom is 0.228 e. The first-order chi connectivity index (χ1) is 13.5. The molecule has 0 aromatic carbocycles. The average Bonchev–Trinajstić information content (AvgIpc) is 3.13. The highest BCUT2D eigenvalue weighted by Crippen LogP contribution is 2.24. The molecule has 4 rings (SSSR count). The van der Waals surface area contributed by atoms with E-state index in [0.717, 1.165) is 16.5 Å². The summed E-state index contributed by atoms with van der Waals surface area (Å²) < 4.78 is 19.7. The van der Waals surface area contributed by atoms with Crippen LogP contribution in [0, 0.1) is 6.92 Å². The number of hydrogen-bond donors (Lipinski definition) is 1. The maximum atomic E-state index is 14.1. The van der Waals surface area contributed by atoms with Gasteiger partial charge in [0.05, 0.1) is 36.6 Å². The topological polar surface area (TPSA) is 84.2 Å². The van der Waals surface area contributed by atoms with Crippen molar-refractivity contribution in [2.75, 3.05) is 20.1 Å². The van der Waals surface area contributed by atoms with E-state index in [-0.39, 0.29) is 24.9 Å². The molecule has 146 valence electrons. The predicted octanol–water partition coefficient (Wildman–Crippen LogP) is 2.29. The molecule has 0 unspecified atom stereocenters. The number of aryl methyl sites for hydroxylation is 1. The van der Waals surface area contributed by atoms with Gasteiger partial charge < -0.3 is 14.6 Å². The Hall–Kier alpha value is -2.87. The van der Waals surface area contributed by atoms with Gasteiger partial charge in [-0.25, -0.2) is 9.37 Å². The molecule has 2 atom stereocenters. The quantitative estimate of drug-likeness (QED) is 0.744. The van der Waals surface area contributed by atoms with Crippen molar-refractivity contribution in [3.63, 3.8) is 0 Å². The van der Waals surface area contributed by atoms with Crippen LogP contribution < -0.4 is 5.32 Å². The third kappa shape index (κ3) is 3.73. The fourth-order valence-corrected chi connectivity index (χ4v) is 3.53. The fourth-order valence-electron chi connectivity index (χ4n) is 3.53. The highest BCUT2D eigenvalue weighted by molar-refractivity contribution is 5.84. The SMILES string of the molecule is CN[C@H]1CCN(C(=O)Cc2cc3cc(-c4cnc(C)o4)cnc3cn2)C[C@@H]1F. The molecule has 0 spiro atoms. The Labute approximate surface area is 162 Å². The fraction of sp³-hybridized carbons (Fsp3) is 0.400. The van der Waals surface area contributed by atoms with Crippen LogP contribution in [-0.4, -0.2) is 58.1 Å². The Morgan fingerprint density at radius 1 is 1.29 bits per heavy atom. The molecule has 7 nitrogen and oxygen atoms in total. The van der Waals surface area contributed by atoms with Crippen molar-refractivity contribution in [3.05, 3.63) is 42.3 Å². The Morgan fingerprint density at radius 3 is 2.86 bits per heavy atom. The molecular weight excluding hydrogens is 361 g/mol. The van der Waals surface area contributed by atoms with Gasteiger partial charge >= 0.3 is 0 Å². The number of amides is 1. The molecule has 28 heavy (non-hydrogen) atoms. The Bertz CT molecular complexity index is 1010. The van der Waals surface area contributed by atoms with Gasteiger partial charge in [0.15, 0.2) is 11.7 Å². The number of fused-ring (bicyclic) bond motifs is 1. The number of carbonyl (C=O) groups is 1. The zero-order chi connectivity index (χ0) is 19.7. The van der Waals surface area contributed by atoms with E-state index in [9.17, 15) is 9.18 Å².